The van der Waals surface area contributed by atoms with E-state index in [4.69, 9.17) is 4.74 Å². The van der Waals surface area contributed by atoms with E-state index in [1.165, 1.54) is 57.8 Å². The summed E-state index contributed by atoms with van der Waals surface area (Å²) in [7, 11) is 0. The molecule has 2 nitrogen and oxygen atoms in total. The average molecular weight is 237 g/mol. The Kier molecular flexibility index (Phi) is 3.45. The van der Waals surface area contributed by atoms with E-state index in [0.717, 1.165) is 24.6 Å². The van der Waals surface area contributed by atoms with Crippen molar-refractivity contribution in [2.24, 2.45) is 5.92 Å². The molecule has 0 aromatic heterocycles. The van der Waals surface area contributed by atoms with E-state index in [2.05, 4.69) is 12.2 Å². The van der Waals surface area contributed by atoms with Gasteiger partial charge >= 0.3 is 0 Å². The number of rotatable bonds is 3. The normalized spacial score (nSPS) is 34.8. The van der Waals surface area contributed by atoms with Gasteiger partial charge in [0.05, 0.1) is 5.60 Å². The molecule has 0 amide bonds. The fourth-order valence-corrected chi connectivity index (χ4v) is 4.05. The van der Waals surface area contributed by atoms with Crippen molar-refractivity contribution in [3.05, 3.63) is 0 Å². The number of hydrogen-bond donors (Lipinski definition) is 1. The molecule has 1 spiro atoms. The van der Waals surface area contributed by atoms with Gasteiger partial charge in [0.15, 0.2) is 0 Å². The van der Waals surface area contributed by atoms with Crippen molar-refractivity contribution in [3.63, 3.8) is 0 Å². The van der Waals surface area contributed by atoms with Crippen LogP contribution in [-0.2, 0) is 4.74 Å². The second-order valence-electron chi connectivity index (χ2n) is 6.57. The van der Waals surface area contributed by atoms with Crippen molar-refractivity contribution < 1.29 is 4.74 Å². The van der Waals surface area contributed by atoms with Crippen LogP contribution in [0.15, 0.2) is 0 Å². The summed E-state index contributed by atoms with van der Waals surface area (Å²) in [5, 5.41) is 3.90. The van der Waals surface area contributed by atoms with Gasteiger partial charge in [0.1, 0.15) is 0 Å². The van der Waals surface area contributed by atoms with Gasteiger partial charge in [-0.15, -0.1) is 0 Å². The molecule has 0 bridgehead atoms. The number of ether oxygens (including phenoxy) is 1. The maximum atomic E-state index is 6.00. The van der Waals surface area contributed by atoms with Gasteiger partial charge in [0, 0.05) is 18.7 Å². The van der Waals surface area contributed by atoms with E-state index in [1.807, 2.05) is 0 Å². The van der Waals surface area contributed by atoms with Gasteiger partial charge in [-0.1, -0.05) is 12.8 Å². The molecule has 1 heterocycles. The molecule has 2 heteroatoms. The molecule has 0 aromatic carbocycles. The fourth-order valence-electron chi connectivity index (χ4n) is 4.05. The Bertz CT molecular complexity index is 256. The van der Waals surface area contributed by atoms with Crippen molar-refractivity contribution >= 4 is 0 Å². The molecule has 3 aliphatic rings. The van der Waals surface area contributed by atoms with Crippen LogP contribution >= 0.6 is 0 Å². The summed E-state index contributed by atoms with van der Waals surface area (Å²) in [6.45, 7) is 3.38. The SMILES string of the molecule is C[C@@H](NC1CCOC2(CCC2)C1)C1CCCC1. The molecule has 2 saturated carbocycles. The van der Waals surface area contributed by atoms with Gasteiger partial charge in [-0.2, -0.15) is 0 Å². The third kappa shape index (κ3) is 2.53. The highest BCUT2D eigenvalue weighted by molar-refractivity contribution is 4.97. The lowest BCUT2D eigenvalue weighted by molar-refractivity contribution is -0.136. The second-order valence-corrected chi connectivity index (χ2v) is 6.57. The first-order chi connectivity index (χ1) is 8.27. The predicted octanol–water partition coefficient (Wildman–Crippen LogP) is 3.26. The minimum atomic E-state index is 0.297. The molecule has 1 unspecified atom stereocenters. The Balaban J connectivity index is 1.50. The van der Waals surface area contributed by atoms with Crippen LogP contribution in [0.25, 0.3) is 0 Å². The molecular formula is C15H27NO. The Hall–Kier alpha value is -0.0800. The first-order valence-electron chi connectivity index (χ1n) is 7.67. The van der Waals surface area contributed by atoms with Gasteiger partial charge in [0.25, 0.3) is 0 Å². The predicted molar refractivity (Wildman–Crippen MR) is 70.1 cm³/mol. The van der Waals surface area contributed by atoms with Gasteiger partial charge in [-0.25, -0.2) is 0 Å². The molecule has 3 rings (SSSR count). The van der Waals surface area contributed by atoms with E-state index in [9.17, 15) is 0 Å². The third-order valence-corrected chi connectivity index (χ3v) is 5.36. The highest BCUT2D eigenvalue weighted by Crippen LogP contribution is 2.42. The minimum absolute atomic E-state index is 0.297. The first-order valence-corrected chi connectivity index (χ1v) is 7.67. The van der Waals surface area contributed by atoms with Crippen LogP contribution in [0.4, 0.5) is 0 Å². The lowest BCUT2D eigenvalue weighted by Crippen LogP contribution is -2.53. The van der Waals surface area contributed by atoms with E-state index in [0.29, 0.717) is 5.60 Å². The number of hydrogen-bond acceptors (Lipinski definition) is 2. The minimum Gasteiger partial charge on any atom is -0.375 e. The van der Waals surface area contributed by atoms with E-state index < -0.39 is 0 Å². The van der Waals surface area contributed by atoms with E-state index >= 15 is 0 Å². The highest BCUT2D eigenvalue weighted by atomic mass is 16.5. The van der Waals surface area contributed by atoms with Crippen LogP contribution in [0.5, 0.6) is 0 Å². The maximum Gasteiger partial charge on any atom is 0.0697 e. The molecule has 1 aliphatic heterocycles. The third-order valence-electron chi connectivity index (χ3n) is 5.36. The van der Waals surface area contributed by atoms with Crippen LogP contribution in [0.1, 0.15) is 64.7 Å². The summed E-state index contributed by atoms with van der Waals surface area (Å²) in [6.07, 6.45) is 12.3. The quantitative estimate of drug-likeness (QED) is 0.813. The standard InChI is InChI=1S/C15H27NO/c1-12(13-5-2-3-6-13)16-14-7-10-17-15(11-14)8-4-9-15/h12-14,16H,2-11H2,1H3/t12-,14?/m1/s1. The van der Waals surface area contributed by atoms with E-state index in [1.54, 1.807) is 0 Å². The molecule has 2 atom stereocenters. The molecule has 3 fully saturated rings. The highest BCUT2D eigenvalue weighted by Gasteiger charge is 2.42. The Morgan fingerprint density at radius 3 is 2.53 bits per heavy atom. The van der Waals surface area contributed by atoms with Gasteiger partial charge in [0.2, 0.25) is 0 Å². The molecule has 98 valence electrons. The molecule has 0 radical (unpaired) electrons. The zero-order valence-corrected chi connectivity index (χ0v) is 11.2. The van der Waals surface area contributed by atoms with Gasteiger partial charge in [-0.3, -0.25) is 0 Å². The largest absolute Gasteiger partial charge is 0.375 e. The topological polar surface area (TPSA) is 21.3 Å². The maximum absolute atomic E-state index is 6.00. The fraction of sp³-hybridized carbons (Fsp3) is 1.00. The zero-order chi connectivity index (χ0) is 11.7. The summed E-state index contributed by atoms with van der Waals surface area (Å²) in [5.41, 5.74) is 0.297. The summed E-state index contributed by atoms with van der Waals surface area (Å²) >= 11 is 0. The summed E-state index contributed by atoms with van der Waals surface area (Å²) < 4.78 is 6.00. The van der Waals surface area contributed by atoms with Crippen LogP contribution in [-0.4, -0.2) is 24.3 Å². The second kappa shape index (κ2) is 4.89. The summed E-state index contributed by atoms with van der Waals surface area (Å²) in [5.74, 6) is 0.940. The van der Waals surface area contributed by atoms with Crippen LogP contribution in [0.2, 0.25) is 0 Å². The monoisotopic (exact) mass is 237 g/mol. The van der Waals surface area contributed by atoms with Crippen LogP contribution in [0.3, 0.4) is 0 Å². The van der Waals surface area contributed by atoms with Crippen molar-refractivity contribution in [2.75, 3.05) is 6.61 Å². The molecule has 1 N–H and O–H groups in total. The van der Waals surface area contributed by atoms with Gasteiger partial charge < -0.3 is 10.1 Å². The van der Waals surface area contributed by atoms with Crippen molar-refractivity contribution in [2.45, 2.75) is 82.4 Å². The first kappa shape index (κ1) is 12.0. The van der Waals surface area contributed by atoms with E-state index in [-0.39, 0.29) is 0 Å². The molecule has 1 saturated heterocycles. The van der Waals surface area contributed by atoms with Crippen LogP contribution < -0.4 is 5.32 Å². The molecule has 17 heavy (non-hydrogen) atoms. The molecule has 0 aromatic rings. The zero-order valence-electron chi connectivity index (χ0n) is 11.2. The van der Waals surface area contributed by atoms with Crippen molar-refractivity contribution in [1.82, 2.24) is 5.32 Å². The summed E-state index contributed by atoms with van der Waals surface area (Å²) in [6, 6.07) is 1.44. The lowest BCUT2D eigenvalue weighted by Gasteiger charge is -2.48. The Labute approximate surface area is 105 Å². The van der Waals surface area contributed by atoms with Crippen LogP contribution in [0, 0.1) is 5.92 Å². The van der Waals surface area contributed by atoms with Crippen molar-refractivity contribution in [3.8, 4) is 0 Å². The molecule has 2 aliphatic carbocycles. The average Bonchev–Trinajstić information content (AvgIpc) is 2.81. The smallest absolute Gasteiger partial charge is 0.0697 e. The summed E-state index contributed by atoms with van der Waals surface area (Å²) in [4.78, 5) is 0. The lowest BCUT2D eigenvalue weighted by atomic mass is 9.73. The number of nitrogens with one attached hydrogen (secondary N) is 1. The van der Waals surface area contributed by atoms with Gasteiger partial charge in [-0.05, 0) is 57.8 Å². The Morgan fingerprint density at radius 2 is 1.88 bits per heavy atom. The Morgan fingerprint density at radius 1 is 1.12 bits per heavy atom. The van der Waals surface area contributed by atoms with Crippen molar-refractivity contribution in [1.29, 1.82) is 0 Å². The molecular weight excluding hydrogens is 210 g/mol.